The predicted molar refractivity (Wildman–Crippen MR) is 90.5 cm³/mol. The molecule has 4 nitrogen and oxygen atoms in total. The molecule has 1 amide bonds. The maximum atomic E-state index is 13.6. The van der Waals surface area contributed by atoms with E-state index in [2.05, 4.69) is 15.9 Å². The van der Waals surface area contributed by atoms with Crippen LogP contribution in [0.1, 0.15) is 27.7 Å². The Hall–Kier alpha value is -2.47. The summed E-state index contributed by atoms with van der Waals surface area (Å²) in [6.45, 7) is 0. The Labute approximate surface area is 144 Å². The van der Waals surface area contributed by atoms with Crippen molar-refractivity contribution in [1.29, 1.82) is 0 Å². The zero-order valence-electron chi connectivity index (χ0n) is 12.5. The van der Waals surface area contributed by atoms with E-state index in [0.717, 1.165) is 4.47 Å². The number of benzene rings is 2. The second kappa shape index (κ2) is 5.27. The number of hydrogen-bond donors (Lipinski definition) is 0. The molecule has 6 heteroatoms. The summed E-state index contributed by atoms with van der Waals surface area (Å²) in [5.74, 6) is -0.789. The van der Waals surface area contributed by atoms with Crippen LogP contribution in [0.5, 0.6) is 0 Å². The third-order valence-electron chi connectivity index (χ3n) is 4.23. The molecule has 0 fully saturated rings. The van der Waals surface area contributed by atoms with Crippen molar-refractivity contribution in [1.82, 2.24) is 4.90 Å². The summed E-state index contributed by atoms with van der Waals surface area (Å²) in [4.78, 5) is 26.9. The Balaban J connectivity index is 2.05. The molecule has 24 heavy (non-hydrogen) atoms. The van der Waals surface area contributed by atoms with Crippen LogP contribution in [0.15, 0.2) is 56.1 Å². The van der Waals surface area contributed by atoms with Crippen LogP contribution < -0.4 is 5.43 Å². The summed E-state index contributed by atoms with van der Waals surface area (Å²) in [7, 11) is 1.58. The summed E-state index contributed by atoms with van der Waals surface area (Å²) in [5.41, 5.74) is 0.855. The molecule has 0 N–H and O–H groups in total. The predicted octanol–water partition coefficient (Wildman–Crippen LogP) is 3.87. The number of rotatable bonds is 1. The first-order valence-electron chi connectivity index (χ1n) is 7.26. The van der Waals surface area contributed by atoms with Crippen LogP contribution in [0.2, 0.25) is 0 Å². The van der Waals surface area contributed by atoms with Gasteiger partial charge in [-0.05, 0) is 35.9 Å². The highest BCUT2D eigenvalue weighted by Gasteiger charge is 2.40. The lowest BCUT2D eigenvalue weighted by Crippen LogP contribution is -2.25. The molecule has 0 saturated carbocycles. The number of carbonyl (C=O) groups excluding carboxylic acids is 1. The molecule has 0 aliphatic carbocycles. The standard InChI is InChI=1S/C18H11BrFNO3/c1-21-15(9-3-2-4-11(20)7-9)14-16(22)12-8-10(19)5-6-13(12)24-17(14)18(21)23/h2-8,15H,1H3. The summed E-state index contributed by atoms with van der Waals surface area (Å²) in [6.07, 6.45) is 0. The SMILES string of the molecule is CN1C(=O)c2oc3ccc(Br)cc3c(=O)c2C1c1cccc(F)c1. The van der Waals surface area contributed by atoms with E-state index in [1.54, 1.807) is 37.4 Å². The molecule has 2 aromatic carbocycles. The largest absolute Gasteiger partial charge is 0.450 e. The van der Waals surface area contributed by atoms with Gasteiger partial charge in [0.1, 0.15) is 11.4 Å². The van der Waals surface area contributed by atoms with Crippen molar-refractivity contribution in [3.63, 3.8) is 0 Å². The fourth-order valence-corrected chi connectivity index (χ4v) is 3.49. The first-order valence-corrected chi connectivity index (χ1v) is 8.05. The monoisotopic (exact) mass is 387 g/mol. The second-order valence-electron chi connectivity index (χ2n) is 5.69. The molecular formula is C18H11BrFNO3. The molecule has 1 aromatic heterocycles. The Kier molecular flexibility index (Phi) is 3.31. The van der Waals surface area contributed by atoms with Gasteiger partial charge in [-0.1, -0.05) is 28.1 Å². The smallest absolute Gasteiger partial charge is 0.290 e. The van der Waals surface area contributed by atoms with Crippen LogP contribution in [0.3, 0.4) is 0 Å². The van der Waals surface area contributed by atoms with Crippen molar-refractivity contribution in [2.24, 2.45) is 0 Å². The maximum absolute atomic E-state index is 13.6. The molecule has 1 aliphatic rings. The maximum Gasteiger partial charge on any atom is 0.290 e. The highest BCUT2D eigenvalue weighted by molar-refractivity contribution is 9.10. The van der Waals surface area contributed by atoms with E-state index < -0.39 is 11.9 Å². The average Bonchev–Trinajstić information content (AvgIpc) is 2.81. The van der Waals surface area contributed by atoms with Crippen LogP contribution in [0, 0.1) is 5.82 Å². The van der Waals surface area contributed by atoms with Gasteiger partial charge in [-0.2, -0.15) is 0 Å². The van der Waals surface area contributed by atoms with E-state index in [0.29, 0.717) is 16.5 Å². The lowest BCUT2D eigenvalue weighted by molar-refractivity contribution is 0.0771. The van der Waals surface area contributed by atoms with Crippen LogP contribution in [-0.2, 0) is 0 Å². The van der Waals surface area contributed by atoms with E-state index in [1.807, 2.05) is 0 Å². The molecular weight excluding hydrogens is 377 g/mol. The average molecular weight is 388 g/mol. The van der Waals surface area contributed by atoms with Gasteiger partial charge in [0.15, 0.2) is 5.43 Å². The van der Waals surface area contributed by atoms with E-state index in [1.165, 1.54) is 17.0 Å². The highest BCUT2D eigenvalue weighted by Crippen LogP contribution is 2.37. The normalized spacial score (nSPS) is 16.7. The summed E-state index contributed by atoms with van der Waals surface area (Å²) in [6, 6.07) is 10.3. The molecule has 1 unspecified atom stereocenters. The topological polar surface area (TPSA) is 50.5 Å². The molecule has 1 aliphatic heterocycles. The second-order valence-corrected chi connectivity index (χ2v) is 6.60. The van der Waals surface area contributed by atoms with Crippen molar-refractivity contribution in [3.05, 3.63) is 79.9 Å². The molecule has 0 spiro atoms. The number of hydrogen-bond acceptors (Lipinski definition) is 3. The molecule has 2 heterocycles. The minimum Gasteiger partial charge on any atom is -0.450 e. The summed E-state index contributed by atoms with van der Waals surface area (Å²) < 4.78 is 20.1. The quantitative estimate of drug-likeness (QED) is 0.636. The number of nitrogens with zero attached hydrogens (tertiary/aromatic N) is 1. The van der Waals surface area contributed by atoms with Crippen molar-refractivity contribution in [2.45, 2.75) is 6.04 Å². The van der Waals surface area contributed by atoms with Gasteiger partial charge >= 0.3 is 0 Å². The summed E-state index contributed by atoms with van der Waals surface area (Å²) >= 11 is 3.33. The molecule has 1 atom stereocenters. The Morgan fingerprint density at radius 2 is 1.96 bits per heavy atom. The summed E-state index contributed by atoms with van der Waals surface area (Å²) in [5, 5.41) is 0.382. The van der Waals surface area contributed by atoms with Gasteiger partial charge in [0.25, 0.3) is 5.91 Å². The van der Waals surface area contributed by atoms with Crippen LogP contribution >= 0.6 is 15.9 Å². The number of halogens is 2. The number of amides is 1. The highest BCUT2D eigenvalue weighted by atomic mass is 79.9. The molecule has 120 valence electrons. The van der Waals surface area contributed by atoms with E-state index in [-0.39, 0.29) is 22.7 Å². The van der Waals surface area contributed by atoms with Crippen LogP contribution in [0.4, 0.5) is 4.39 Å². The molecule has 0 bridgehead atoms. The van der Waals surface area contributed by atoms with Gasteiger partial charge < -0.3 is 9.32 Å². The van der Waals surface area contributed by atoms with Crippen LogP contribution in [-0.4, -0.2) is 17.9 Å². The Morgan fingerprint density at radius 1 is 1.17 bits per heavy atom. The van der Waals surface area contributed by atoms with E-state index in [4.69, 9.17) is 4.42 Å². The zero-order valence-corrected chi connectivity index (χ0v) is 14.1. The van der Waals surface area contributed by atoms with Crippen LogP contribution in [0.25, 0.3) is 11.0 Å². The third-order valence-corrected chi connectivity index (χ3v) is 4.72. The fraction of sp³-hybridized carbons (Fsp3) is 0.111. The first kappa shape index (κ1) is 15.1. The molecule has 3 aromatic rings. The van der Waals surface area contributed by atoms with Gasteiger partial charge in [-0.3, -0.25) is 9.59 Å². The van der Waals surface area contributed by atoms with Crippen molar-refractivity contribution in [3.8, 4) is 0 Å². The third kappa shape index (κ3) is 2.10. The van der Waals surface area contributed by atoms with Gasteiger partial charge in [-0.15, -0.1) is 0 Å². The minimum atomic E-state index is -0.664. The van der Waals surface area contributed by atoms with Gasteiger partial charge in [-0.25, -0.2) is 4.39 Å². The lowest BCUT2D eigenvalue weighted by Gasteiger charge is -2.20. The molecule has 0 radical (unpaired) electrons. The van der Waals surface area contributed by atoms with E-state index in [9.17, 15) is 14.0 Å². The lowest BCUT2D eigenvalue weighted by atomic mass is 9.99. The number of fused-ring (bicyclic) bond motifs is 2. The van der Waals surface area contributed by atoms with Gasteiger partial charge in [0.05, 0.1) is 17.0 Å². The van der Waals surface area contributed by atoms with Gasteiger partial charge in [0, 0.05) is 11.5 Å². The number of carbonyl (C=O) groups is 1. The fourth-order valence-electron chi connectivity index (χ4n) is 3.13. The van der Waals surface area contributed by atoms with Crippen molar-refractivity contribution < 1.29 is 13.6 Å². The molecule has 4 rings (SSSR count). The van der Waals surface area contributed by atoms with Crippen molar-refractivity contribution >= 4 is 32.8 Å². The molecule has 0 saturated heterocycles. The Morgan fingerprint density at radius 3 is 2.71 bits per heavy atom. The first-order chi connectivity index (χ1) is 11.5. The van der Waals surface area contributed by atoms with E-state index >= 15 is 0 Å². The Bertz CT molecular complexity index is 1060. The van der Waals surface area contributed by atoms with Gasteiger partial charge in [0.2, 0.25) is 5.76 Å². The minimum absolute atomic E-state index is 0.0200. The van der Waals surface area contributed by atoms with Crippen molar-refractivity contribution in [2.75, 3.05) is 7.05 Å². The zero-order chi connectivity index (χ0) is 17.0.